The Morgan fingerprint density at radius 3 is 2.65 bits per heavy atom. The van der Waals surface area contributed by atoms with Crippen LogP contribution < -0.4 is 5.32 Å². The standard InChI is InChI=1S/C13H16ClN3O3/c1-13(7-3-2-4-8-13)12(18)16-11-9(17(19)20)5-6-10(14)15-11/h5-6H,2-4,7-8H2,1H3,(H,15,16,18). The van der Waals surface area contributed by atoms with Crippen molar-refractivity contribution < 1.29 is 9.72 Å². The Morgan fingerprint density at radius 1 is 1.40 bits per heavy atom. The zero-order valence-electron chi connectivity index (χ0n) is 11.2. The highest BCUT2D eigenvalue weighted by atomic mass is 35.5. The van der Waals surface area contributed by atoms with Crippen molar-refractivity contribution in [3.8, 4) is 0 Å². The molecule has 1 N–H and O–H groups in total. The lowest BCUT2D eigenvalue weighted by Crippen LogP contribution is -2.35. The van der Waals surface area contributed by atoms with E-state index in [1.54, 1.807) is 0 Å². The Labute approximate surface area is 121 Å². The van der Waals surface area contributed by atoms with Crippen molar-refractivity contribution in [1.82, 2.24) is 4.98 Å². The summed E-state index contributed by atoms with van der Waals surface area (Å²) in [6, 6.07) is 2.58. The number of nitrogens with zero attached hydrogens (tertiary/aromatic N) is 2. The smallest absolute Gasteiger partial charge is 0.304 e. The summed E-state index contributed by atoms with van der Waals surface area (Å²) >= 11 is 5.74. The third-order valence-electron chi connectivity index (χ3n) is 3.77. The van der Waals surface area contributed by atoms with Gasteiger partial charge in [-0.25, -0.2) is 4.98 Å². The number of carbonyl (C=O) groups is 1. The van der Waals surface area contributed by atoms with Gasteiger partial charge in [0.05, 0.1) is 4.92 Å². The van der Waals surface area contributed by atoms with E-state index < -0.39 is 10.3 Å². The number of halogens is 1. The first kappa shape index (κ1) is 14.7. The minimum atomic E-state index is -0.581. The second-order valence-electron chi connectivity index (χ2n) is 5.33. The maximum atomic E-state index is 12.4. The topological polar surface area (TPSA) is 85.1 Å². The zero-order chi connectivity index (χ0) is 14.8. The van der Waals surface area contributed by atoms with Crippen LogP contribution in [0.15, 0.2) is 12.1 Å². The number of rotatable bonds is 3. The Balaban J connectivity index is 2.23. The van der Waals surface area contributed by atoms with E-state index in [1.807, 2.05) is 6.92 Å². The van der Waals surface area contributed by atoms with E-state index in [9.17, 15) is 14.9 Å². The van der Waals surface area contributed by atoms with E-state index in [1.165, 1.54) is 12.1 Å². The van der Waals surface area contributed by atoms with Gasteiger partial charge in [-0.05, 0) is 18.9 Å². The average molecular weight is 298 g/mol. The van der Waals surface area contributed by atoms with Crippen molar-refractivity contribution in [2.24, 2.45) is 5.41 Å². The molecule has 1 heterocycles. The molecule has 0 spiro atoms. The molecule has 1 aliphatic carbocycles. The monoisotopic (exact) mass is 297 g/mol. The van der Waals surface area contributed by atoms with Crippen LogP contribution in [-0.4, -0.2) is 15.8 Å². The molecule has 2 rings (SSSR count). The Bertz CT molecular complexity index is 542. The highest BCUT2D eigenvalue weighted by Crippen LogP contribution is 2.37. The number of carbonyl (C=O) groups excluding carboxylic acids is 1. The van der Waals surface area contributed by atoms with Gasteiger partial charge in [0.1, 0.15) is 5.15 Å². The molecule has 108 valence electrons. The van der Waals surface area contributed by atoms with Crippen molar-refractivity contribution in [2.45, 2.75) is 39.0 Å². The summed E-state index contributed by atoms with van der Waals surface area (Å²) in [4.78, 5) is 26.6. The number of hydrogen-bond donors (Lipinski definition) is 1. The number of amides is 1. The maximum Gasteiger partial charge on any atom is 0.311 e. The van der Waals surface area contributed by atoms with E-state index in [2.05, 4.69) is 10.3 Å². The van der Waals surface area contributed by atoms with E-state index in [4.69, 9.17) is 11.6 Å². The lowest BCUT2D eigenvalue weighted by Gasteiger charge is -2.31. The summed E-state index contributed by atoms with van der Waals surface area (Å²) in [6.07, 6.45) is 4.68. The normalized spacial score (nSPS) is 17.5. The number of aromatic nitrogens is 1. The fourth-order valence-electron chi connectivity index (χ4n) is 2.48. The van der Waals surface area contributed by atoms with Crippen LogP contribution in [0.25, 0.3) is 0 Å². The SMILES string of the molecule is CC1(C(=O)Nc2nc(Cl)ccc2[N+](=O)[O-])CCCCC1. The summed E-state index contributed by atoms with van der Waals surface area (Å²) in [5, 5.41) is 13.6. The van der Waals surface area contributed by atoms with Crippen LogP contribution in [0.4, 0.5) is 11.5 Å². The molecule has 1 aromatic heterocycles. The van der Waals surface area contributed by atoms with Crippen LogP contribution in [0.1, 0.15) is 39.0 Å². The maximum absolute atomic E-state index is 12.4. The first-order valence-electron chi connectivity index (χ1n) is 6.55. The van der Waals surface area contributed by atoms with Gasteiger partial charge in [-0.15, -0.1) is 0 Å². The molecule has 7 heteroatoms. The van der Waals surface area contributed by atoms with Crippen molar-refractivity contribution >= 4 is 29.0 Å². The van der Waals surface area contributed by atoms with Crippen molar-refractivity contribution in [2.75, 3.05) is 5.32 Å². The number of nitro groups is 1. The van der Waals surface area contributed by atoms with Crippen LogP contribution in [0.5, 0.6) is 0 Å². The van der Waals surface area contributed by atoms with E-state index in [0.29, 0.717) is 0 Å². The number of anilines is 1. The third kappa shape index (κ3) is 3.07. The molecule has 0 aromatic carbocycles. The number of nitrogens with one attached hydrogen (secondary N) is 1. The highest BCUT2D eigenvalue weighted by molar-refractivity contribution is 6.29. The van der Waals surface area contributed by atoms with E-state index in [0.717, 1.165) is 32.1 Å². The van der Waals surface area contributed by atoms with Crippen LogP contribution in [0, 0.1) is 15.5 Å². The van der Waals surface area contributed by atoms with Crippen molar-refractivity contribution in [3.05, 3.63) is 27.4 Å². The Morgan fingerprint density at radius 2 is 2.05 bits per heavy atom. The van der Waals surface area contributed by atoms with Crippen LogP contribution in [0.2, 0.25) is 5.15 Å². The van der Waals surface area contributed by atoms with Gasteiger partial charge in [0.25, 0.3) is 0 Å². The lowest BCUT2D eigenvalue weighted by atomic mass is 9.75. The Kier molecular flexibility index (Phi) is 4.23. The third-order valence-corrected chi connectivity index (χ3v) is 3.98. The Hall–Kier alpha value is -1.69. The summed E-state index contributed by atoms with van der Waals surface area (Å²) in [6.45, 7) is 1.89. The predicted molar refractivity (Wildman–Crippen MR) is 75.7 cm³/mol. The molecule has 1 aliphatic rings. The molecule has 0 radical (unpaired) electrons. The molecule has 1 aromatic rings. The molecule has 0 atom stereocenters. The largest absolute Gasteiger partial charge is 0.311 e. The average Bonchev–Trinajstić information content (AvgIpc) is 2.39. The first-order valence-corrected chi connectivity index (χ1v) is 6.92. The van der Waals surface area contributed by atoms with Gasteiger partial charge in [0, 0.05) is 11.5 Å². The molecule has 0 unspecified atom stereocenters. The molecule has 1 fully saturated rings. The molecule has 1 saturated carbocycles. The van der Waals surface area contributed by atoms with E-state index >= 15 is 0 Å². The second-order valence-corrected chi connectivity index (χ2v) is 5.72. The molecule has 0 aliphatic heterocycles. The fraction of sp³-hybridized carbons (Fsp3) is 0.538. The van der Waals surface area contributed by atoms with Crippen molar-refractivity contribution in [1.29, 1.82) is 0 Å². The molecular formula is C13H16ClN3O3. The number of pyridine rings is 1. The highest BCUT2D eigenvalue weighted by Gasteiger charge is 2.35. The van der Waals surface area contributed by atoms with Gasteiger partial charge < -0.3 is 5.32 Å². The number of hydrogen-bond acceptors (Lipinski definition) is 4. The summed E-state index contributed by atoms with van der Waals surface area (Å²) in [5.41, 5.74) is -0.738. The van der Waals surface area contributed by atoms with E-state index in [-0.39, 0.29) is 22.6 Å². The van der Waals surface area contributed by atoms with Crippen LogP contribution >= 0.6 is 11.6 Å². The second kappa shape index (κ2) is 5.75. The molecule has 20 heavy (non-hydrogen) atoms. The molecular weight excluding hydrogens is 282 g/mol. The lowest BCUT2D eigenvalue weighted by molar-refractivity contribution is -0.384. The fourth-order valence-corrected chi connectivity index (χ4v) is 2.63. The van der Waals surface area contributed by atoms with Crippen molar-refractivity contribution in [3.63, 3.8) is 0 Å². The molecule has 0 saturated heterocycles. The van der Waals surface area contributed by atoms with Gasteiger partial charge in [-0.3, -0.25) is 14.9 Å². The quantitative estimate of drug-likeness (QED) is 0.525. The van der Waals surface area contributed by atoms with Gasteiger partial charge >= 0.3 is 5.69 Å². The van der Waals surface area contributed by atoms with Gasteiger partial charge in [0.15, 0.2) is 0 Å². The first-order chi connectivity index (χ1) is 9.42. The van der Waals surface area contributed by atoms with Crippen LogP contribution in [0.3, 0.4) is 0 Å². The molecule has 1 amide bonds. The zero-order valence-corrected chi connectivity index (χ0v) is 11.9. The molecule has 0 bridgehead atoms. The van der Waals surface area contributed by atoms with Gasteiger partial charge in [-0.2, -0.15) is 0 Å². The minimum absolute atomic E-state index is 0.0840. The predicted octanol–water partition coefficient (Wildman–Crippen LogP) is 3.55. The molecule has 6 nitrogen and oxygen atoms in total. The summed E-state index contributed by atoms with van der Waals surface area (Å²) < 4.78 is 0. The van der Waals surface area contributed by atoms with Gasteiger partial charge in [-0.1, -0.05) is 37.8 Å². The van der Waals surface area contributed by atoms with Crippen LogP contribution in [-0.2, 0) is 4.79 Å². The summed E-state index contributed by atoms with van der Waals surface area (Å²) in [7, 11) is 0. The minimum Gasteiger partial charge on any atom is -0.304 e. The summed E-state index contributed by atoms with van der Waals surface area (Å²) in [5.74, 6) is -0.311. The van der Waals surface area contributed by atoms with Gasteiger partial charge in [0.2, 0.25) is 11.7 Å².